The summed E-state index contributed by atoms with van der Waals surface area (Å²) in [6.45, 7) is 2.51. The summed E-state index contributed by atoms with van der Waals surface area (Å²) in [5.41, 5.74) is 1.60. The van der Waals surface area contributed by atoms with Gasteiger partial charge in [-0.25, -0.2) is 13.6 Å². The van der Waals surface area contributed by atoms with Gasteiger partial charge >= 0.3 is 0 Å². The third kappa shape index (κ3) is 2.59. The maximum absolute atomic E-state index is 12.5. The SMILES string of the molecule is Cc1ccc(C(=O)N2CCc3cc(S(N)(=O)=O)ccc32)s1. The van der Waals surface area contributed by atoms with Gasteiger partial charge in [-0.15, -0.1) is 11.3 Å². The average molecular weight is 322 g/mol. The van der Waals surface area contributed by atoms with Crippen LogP contribution in [0.1, 0.15) is 20.1 Å². The number of hydrogen-bond donors (Lipinski definition) is 1. The normalized spacial score (nSPS) is 14.3. The molecule has 0 spiro atoms. The molecule has 0 aliphatic carbocycles. The Morgan fingerprint density at radius 2 is 2.05 bits per heavy atom. The van der Waals surface area contributed by atoms with Crippen molar-refractivity contribution in [3.8, 4) is 0 Å². The third-order valence-corrected chi connectivity index (χ3v) is 5.37. The first-order valence-corrected chi connectivity index (χ1v) is 8.76. The molecular weight excluding hydrogens is 308 g/mol. The van der Waals surface area contributed by atoms with Gasteiger partial charge in [-0.1, -0.05) is 0 Å². The number of carbonyl (C=O) groups excluding carboxylic acids is 1. The fraction of sp³-hybridized carbons (Fsp3) is 0.214. The third-order valence-electron chi connectivity index (χ3n) is 3.47. The summed E-state index contributed by atoms with van der Waals surface area (Å²) < 4.78 is 22.7. The molecule has 2 heterocycles. The summed E-state index contributed by atoms with van der Waals surface area (Å²) in [7, 11) is -3.71. The van der Waals surface area contributed by atoms with Crippen LogP contribution in [0.15, 0.2) is 35.2 Å². The Hall–Kier alpha value is -1.70. The fourth-order valence-electron chi connectivity index (χ4n) is 2.45. The smallest absolute Gasteiger partial charge is 0.268 e. The van der Waals surface area contributed by atoms with E-state index in [1.54, 1.807) is 17.0 Å². The second-order valence-corrected chi connectivity index (χ2v) is 7.80. The maximum atomic E-state index is 12.5. The lowest BCUT2D eigenvalue weighted by atomic mass is 10.2. The van der Waals surface area contributed by atoms with Crippen LogP contribution >= 0.6 is 11.3 Å². The zero-order valence-corrected chi connectivity index (χ0v) is 13.0. The van der Waals surface area contributed by atoms with Gasteiger partial charge in [0.1, 0.15) is 0 Å². The minimum Gasteiger partial charge on any atom is -0.307 e. The second kappa shape index (κ2) is 4.94. The quantitative estimate of drug-likeness (QED) is 0.917. The largest absolute Gasteiger partial charge is 0.307 e. The van der Waals surface area contributed by atoms with Crippen LogP contribution in [-0.2, 0) is 16.4 Å². The summed E-state index contributed by atoms with van der Waals surface area (Å²) in [4.78, 5) is 16.0. The zero-order valence-electron chi connectivity index (χ0n) is 11.4. The van der Waals surface area contributed by atoms with E-state index in [-0.39, 0.29) is 10.8 Å². The van der Waals surface area contributed by atoms with Crippen LogP contribution in [0.5, 0.6) is 0 Å². The van der Waals surface area contributed by atoms with Gasteiger partial charge in [-0.05, 0) is 49.2 Å². The number of fused-ring (bicyclic) bond motifs is 1. The van der Waals surface area contributed by atoms with E-state index in [2.05, 4.69) is 0 Å². The van der Waals surface area contributed by atoms with Crippen LogP contribution in [-0.4, -0.2) is 20.9 Å². The summed E-state index contributed by atoms with van der Waals surface area (Å²) in [5, 5.41) is 5.13. The molecule has 0 unspecified atom stereocenters. The van der Waals surface area contributed by atoms with Crippen molar-refractivity contribution in [2.45, 2.75) is 18.2 Å². The van der Waals surface area contributed by atoms with Crippen LogP contribution in [0, 0.1) is 6.92 Å². The Bertz CT molecular complexity index is 824. The molecule has 1 aromatic carbocycles. The van der Waals surface area contributed by atoms with Gasteiger partial charge in [-0.2, -0.15) is 0 Å². The lowest BCUT2D eigenvalue weighted by Gasteiger charge is -2.16. The minimum atomic E-state index is -3.71. The number of anilines is 1. The Balaban J connectivity index is 1.96. The maximum Gasteiger partial charge on any atom is 0.268 e. The van der Waals surface area contributed by atoms with E-state index in [0.29, 0.717) is 17.8 Å². The molecule has 1 aliphatic rings. The number of primary sulfonamides is 1. The standard InChI is InChI=1S/C14H14N2O3S2/c1-9-2-5-13(20-9)14(17)16-7-6-10-8-11(21(15,18)19)3-4-12(10)16/h2-5,8H,6-7H2,1H3,(H2,15,18,19). The molecule has 21 heavy (non-hydrogen) atoms. The Labute approximate surface area is 127 Å². The van der Waals surface area contributed by atoms with E-state index in [1.807, 2.05) is 19.1 Å². The van der Waals surface area contributed by atoms with E-state index < -0.39 is 10.0 Å². The highest BCUT2D eigenvalue weighted by atomic mass is 32.2. The van der Waals surface area contributed by atoms with Crippen molar-refractivity contribution < 1.29 is 13.2 Å². The average Bonchev–Trinajstić information content (AvgIpc) is 3.02. The number of hydrogen-bond acceptors (Lipinski definition) is 4. The molecule has 3 rings (SSSR count). The van der Waals surface area contributed by atoms with Crippen molar-refractivity contribution in [3.05, 3.63) is 45.6 Å². The van der Waals surface area contributed by atoms with Gasteiger partial charge in [-0.3, -0.25) is 4.79 Å². The van der Waals surface area contributed by atoms with E-state index in [1.165, 1.54) is 17.4 Å². The van der Waals surface area contributed by atoms with E-state index >= 15 is 0 Å². The molecule has 1 aromatic heterocycles. The van der Waals surface area contributed by atoms with Crippen LogP contribution in [0.3, 0.4) is 0 Å². The van der Waals surface area contributed by atoms with Gasteiger partial charge in [0.15, 0.2) is 0 Å². The van der Waals surface area contributed by atoms with Gasteiger partial charge in [0.25, 0.3) is 5.91 Å². The molecule has 0 radical (unpaired) electrons. The monoisotopic (exact) mass is 322 g/mol. The molecule has 5 nitrogen and oxygen atoms in total. The molecule has 0 saturated heterocycles. The number of rotatable bonds is 2. The zero-order chi connectivity index (χ0) is 15.2. The molecule has 7 heteroatoms. The molecule has 0 atom stereocenters. The summed E-state index contributed by atoms with van der Waals surface area (Å²) in [6, 6.07) is 8.38. The topological polar surface area (TPSA) is 80.5 Å². The van der Waals surface area contributed by atoms with Crippen molar-refractivity contribution in [1.29, 1.82) is 0 Å². The first-order chi connectivity index (χ1) is 9.86. The predicted molar refractivity (Wildman–Crippen MR) is 82.3 cm³/mol. The highest BCUT2D eigenvalue weighted by Crippen LogP contribution is 2.32. The second-order valence-electron chi connectivity index (χ2n) is 4.95. The Morgan fingerprint density at radius 1 is 1.29 bits per heavy atom. The van der Waals surface area contributed by atoms with Gasteiger partial charge in [0.2, 0.25) is 10.0 Å². The van der Waals surface area contributed by atoms with E-state index in [0.717, 1.165) is 16.1 Å². The Kier molecular flexibility index (Phi) is 3.35. The number of sulfonamides is 1. The van der Waals surface area contributed by atoms with E-state index in [4.69, 9.17) is 5.14 Å². The minimum absolute atomic E-state index is 0.0461. The van der Waals surface area contributed by atoms with Gasteiger partial charge in [0.05, 0.1) is 9.77 Å². The first kappa shape index (κ1) is 14.2. The number of nitrogens with two attached hydrogens (primary N) is 1. The number of nitrogens with zero attached hydrogens (tertiary/aromatic N) is 1. The predicted octanol–water partition coefficient (Wildman–Crippen LogP) is 1.91. The van der Waals surface area contributed by atoms with Crippen molar-refractivity contribution in [2.24, 2.45) is 5.14 Å². The van der Waals surface area contributed by atoms with Crippen LogP contribution in [0.25, 0.3) is 0 Å². The van der Waals surface area contributed by atoms with Crippen molar-refractivity contribution in [1.82, 2.24) is 0 Å². The Morgan fingerprint density at radius 3 is 2.67 bits per heavy atom. The molecular formula is C14H14N2O3S2. The number of benzene rings is 1. The molecule has 0 fully saturated rings. The first-order valence-electron chi connectivity index (χ1n) is 6.40. The van der Waals surface area contributed by atoms with E-state index in [9.17, 15) is 13.2 Å². The summed E-state index contributed by atoms with van der Waals surface area (Å²) in [5.74, 6) is -0.0461. The molecule has 1 amide bonds. The highest BCUT2D eigenvalue weighted by molar-refractivity contribution is 7.89. The van der Waals surface area contributed by atoms with Crippen molar-refractivity contribution in [2.75, 3.05) is 11.4 Å². The molecule has 110 valence electrons. The molecule has 0 bridgehead atoms. The summed E-state index contributed by atoms with van der Waals surface area (Å²) in [6.07, 6.45) is 0.634. The number of amides is 1. The molecule has 2 aromatic rings. The lowest BCUT2D eigenvalue weighted by Crippen LogP contribution is -2.28. The number of thiophene rings is 1. The number of carbonyl (C=O) groups is 1. The van der Waals surface area contributed by atoms with Crippen LogP contribution in [0.4, 0.5) is 5.69 Å². The van der Waals surface area contributed by atoms with Crippen molar-refractivity contribution in [3.63, 3.8) is 0 Å². The summed E-state index contributed by atoms with van der Waals surface area (Å²) >= 11 is 1.46. The van der Waals surface area contributed by atoms with Crippen LogP contribution < -0.4 is 10.0 Å². The van der Waals surface area contributed by atoms with Crippen molar-refractivity contribution >= 4 is 33.0 Å². The number of aryl methyl sites for hydroxylation is 1. The highest BCUT2D eigenvalue weighted by Gasteiger charge is 2.27. The molecule has 0 saturated carbocycles. The lowest BCUT2D eigenvalue weighted by molar-refractivity contribution is 0.0993. The van der Waals surface area contributed by atoms with Crippen LogP contribution in [0.2, 0.25) is 0 Å². The molecule has 2 N–H and O–H groups in total. The van der Waals surface area contributed by atoms with Gasteiger partial charge in [0, 0.05) is 17.1 Å². The molecule has 1 aliphatic heterocycles. The fourth-order valence-corrected chi connectivity index (χ4v) is 3.83. The van der Waals surface area contributed by atoms with Gasteiger partial charge < -0.3 is 4.90 Å².